The SMILES string of the molecule is CCNCc1cn(Cc2ccc(F)c(F)c2)nn1. The molecule has 96 valence electrons. The summed E-state index contributed by atoms with van der Waals surface area (Å²) in [7, 11) is 0. The fourth-order valence-corrected chi connectivity index (χ4v) is 1.57. The smallest absolute Gasteiger partial charge is 0.159 e. The van der Waals surface area contributed by atoms with Crippen molar-refractivity contribution in [2.45, 2.75) is 20.0 Å². The Bertz CT molecular complexity index is 525. The van der Waals surface area contributed by atoms with Crippen LogP contribution in [-0.4, -0.2) is 21.5 Å². The molecule has 1 N–H and O–H groups in total. The summed E-state index contributed by atoms with van der Waals surface area (Å²) in [5.41, 5.74) is 1.47. The lowest BCUT2D eigenvalue weighted by Gasteiger charge is -2.01. The molecule has 0 saturated carbocycles. The molecular weight excluding hydrogens is 238 g/mol. The van der Waals surface area contributed by atoms with Gasteiger partial charge in [-0.25, -0.2) is 13.5 Å². The standard InChI is InChI=1S/C12H14F2N4/c1-2-15-6-10-8-18(17-16-10)7-9-3-4-11(13)12(14)5-9/h3-5,8,15H,2,6-7H2,1H3. The van der Waals surface area contributed by atoms with Crippen molar-refractivity contribution in [2.24, 2.45) is 0 Å². The third kappa shape index (κ3) is 3.10. The molecule has 0 radical (unpaired) electrons. The van der Waals surface area contributed by atoms with E-state index in [0.29, 0.717) is 18.7 Å². The highest BCUT2D eigenvalue weighted by atomic mass is 19.2. The number of nitrogens with one attached hydrogen (secondary N) is 1. The van der Waals surface area contributed by atoms with Crippen LogP contribution in [0.3, 0.4) is 0 Å². The van der Waals surface area contributed by atoms with Crippen LogP contribution in [0.4, 0.5) is 8.78 Å². The first-order valence-corrected chi connectivity index (χ1v) is 5.72. The molecule has 2 rings (SSSR count). The van der Waals surface area contributed by atoms with Crippen LogP contribution in [0.25, 0.3) is 0 Å². The summed E-state index contributed by atoms with van der Waals surface area (Å²) in [6.45, 7) is 3.88. The van der Waals surface area contributed by atoms with Crippen LogP contribution in [0.1, 0.15) is 18.2 Å². The van der Waals surface area contributed by atoms with E-state index >= 15 is 0 Å². The molecule has 0 bridgehead atoms. The van der Waals surface area contributed by atoms with Crippen molar-refractivity contribution >= 4 is 0 Å². The maximum Gasteiger partial charge on any atom is 0.159 e. The van der Waals surface area contributed by atoms with Gasteiger partial charge in [0.05, 0.1) is 18.4 Å². The highest BCUT2D eigenvalue weighted by Gasteiger charge is 2.05. The van der Waals surface area contributed by atoms with Gasteiger partial charge >= 0.3 is 0 Å². The monoisotopic (exact) mass is 252 g/mol. The Balaban J connectivity index is 2.04. The summed E-state index contributed by atoms with van der Waals surface area (Å²) in [4.78, 5) is 0. The first-order chi connectivity index (χ1) is 8.69. The Labute approximate surface area is 104 Å². The van der Waals surface area contributed by atoms with Gasteiger partial charge in [0.15, 0.2) is 11.6 Å². The van der Waals surface area contributed by atoms with Crippen molar-refractivity contribution in [1.82, 2.24) is 20.3 Å². The molecule has 0 aliphatic heterocycles. The average molecular weight is 252 g/mol. The molecule has 1 aromatic carbocycles. The molecule has 6 heteroatoms. The van der Waals surface area contributed by atoms with Crippen LogP contribution in [0.15, 0.2) is 24.4 Å². The van der Waals surface area contributed by atoms with E-state index in [1.54, 1.807) is 10.9 Å². The zero-order valence-electron chi connectivity index (χ0n) is 10.0. The van der Waals surface area contributed by atoms with E-state index in [-0.39, 0.29) is 0 Å². The van der Waals surface area contributed by atoms with Crippen LogP contribution in [0.2, 0.25) is 0 Å². The van der Waals surface area contributed by atoms with Gasteiger partial charge in [0.25, 0.3) is 0 Å². The van der Waals surface area contributed by atoms with Crippen molar-refractivity contribution < 1.29 is 8.78 Å². The number of aromatic nitrogens is 3. The van der Waals surface area contributed by atoms with Gasteiger partial charge in [-0.15, -0.1) is 5.10 Å². The van der Waals surface area contributed by atoms with E-state index in [4.69, 9.17) is 0 Å². The van der Waals surface area contributed by atoms with Gasteiger partial charge < -0.3 is 5.32 Å². The van der Waals surface area contributed by atoms with Crippen molar-refractivity contribution in [3.05, 3.63) is 47.3 Å². The zero-order chi connectivity index (χ0) is 13.0. The van der Waals surface area contributed by atoms with Crippen molar-refractivity contribution in [3.63, 3.8) is 0 Å². The van der Waals surface area contributed by atoms with Gasteiger partial charge in [0.2, 0.25) is 0 Å². The fourth-order valence-electron chi connectivity index (χ4n) is 1.57. The molecule has 0 atom stereocenters. The summed E-state index contributed by atoms with van der Waals surface area (Å²) in [6, 6.07) is 3.81. The third-order valence-corrected chi connectivity index (χ3v) is 2.47. The second kappa shape index (κ2) is 5.68. The number of hydrogen-bond acceptors (Lipinski definition) is 3. The largest absolute Gasteiger partial charge is 0.311 e. The molecule has 0 amide bonds. The molecule has 18 heavy (non-hydrogen) atoms. The van der Waals surface area contributed by atoms with Crippen LogP contribution < -0.4 is 5.32 Å². The summed E-state index contributed by atoms with van der Waals surface area (Å²) in [5.74, 6) is -1.69. The highest BCUT2D eigenvalue weighted by Crippen LogP contribution is 2.09. The number of halogens is 2. The minimum atomic E-state index is -0.847. The first-order valence-electron chi connectivity index (χ1n) is 5.72. The van der Waals surface area contributed by atoms with Gasteiger partial charge in [-0.1, -0.05) is 18.2 Å². The molecule has 0 aliphatic rings. The van der Waals surface area contributed by atoms with Gasteiger partial charge in [0, 0.05) is 6.54 Å². The average Bonchev–Trinajstić information content (AvgIpc) is 2.79. The predicted octanol–water partition coefficient (Wildman–Crippen LogP) is 1.71. The number of rotatable bonds is 5. The predicted molar refractivity (Wildman–Crippen MR) is 62.9 cm³/mol. The van der Waals surface area contributed by atoms with E-state index in [2.05, 4.69) is 15.6 Å². The summed E-state index contributed by atoms with van der Waals surface area (Å²) in [6.07, 6.45) is 1.78. The maximum atomic E-state index is 13.0. The lowest BCUT2D eigenvalue weighted by atomic mass is 10.2. The molecule has 0 saturated heterocycles. The minimum absolute atomic E-state index is 0.371. The summed E-state index contributed by atoms with van der Waals surface area (Å²) < 4.78 is 27.4. The quantitative estimate of drug-likeness (QED) is 0.881. The molecule has 0 spiro atoms. The van der Waals surface area contributed by atoms with Gasteiger partial charge in [-0.3, -0.25) is 0 Å². The minimum Gasteiger partial charge on any atom is -0.311 e. The van der Waals surface area contributed by atoms with E-state index < -0.39 is 11.6 Å². The van der Waals surface area contributed by atoms with E-state index in [1.807, 2.05) is 6.92 Å². The molecule has 0 aliphatic carbocycles. The van der Waals surface area contributed by atoms with Crippen molar-refractivity contribution in [3.8, 4) is 0 Å². The normalized spacial score (nSPS) is 10.8. The van der Waals surface area contributed by atoms with Crippen LogP contribution >= 0.6 is 0 Å². The fraction of sp³-hybridized carbons (Fsp3) is 0.333. The second-order valence-electron chi connectivity index (χ2n) is 3.94. The van der Waals surface area contributed by atoms with Crippen LogP contribution in [0.5, 0.6) is 0 Å². The Kier molecular flexibility index (Phi) is 3.99. The van der Waals surface area contributed by atoms with Gasteiger partial charge in [0.1, 0.15) is 0 Å². The Hall–Kier alpha value is -1.82. The number of nitrogens with zero attached hydrogens (tertiary/aromatic N) is 3. The van der Waals surface area contributed by atoms with Gasteiger partial charge in [-0.05, 0) is 24.2 Å². The van der Waals surface area contributed by atoms with E-state index in [1.165, 1.54) is 12.1 Å². The Morgan fingerprint density at radius 2 is 2.11 bits per heavy atom. The molecule has 0 fully saturated rings. The Morgan fingerprint density at radius 1 is 1.28 bits per heavy atom. The Morgan fingerprint density at radius 3 is 2.83 bits per heavy atom. The zero-order valence-corrected chi connectivity index (χ0v) is 10.0. The van der Waals surface area contributed by atoms with Crippen LogP contribution in [-0.2, 0) is 13.1 Å². The van der Waals surface area contributed by atoms with Crippen LogP contribution in [0, 0.1) is 11.6 Å². The van der Waals surface area contributed by atoms with Crippen molar-refractivity contribution in [1.29, 1.82) is 0 Å². The maximum absolute atomic E-state index is 13.0. The topological polar surface area (TPSA) is 42.7 Å². The molecule has 0 unspecified atom stereocenters. The molecule has 1 aromatic heterocycles. The highest BCUT2D eigenvalue weighted by molar-refractivity contribution is 5.18. The molecule has 4 nitrogen and oxygen atoms in total. The lowest BCUT2D eigenvalue weighted by Crippen LogP contribution is -2.11. The molecule has 1 heterocycles. The first kappa shape index (κ1) is 12.6. The second-order valence-corrected chi connectivity index (χ2v) is 3.94. The van der Waals surface area contributed by atoms with E-state index in [9.17, 15) is 8.78 Å². The summed E-state index contributed by atoms with van der Waals surface area (Å²) in [5, 5.41) is 11.0. The lowest BCUT2D eigenvalue weighted by molar-refractivity contribution is 0.505. The third-order valence-electron chi connectivity index (χ3n) is 2.47. The van der Waals surface area contributed by atoms with E-state index in [0.717, 1.165) is 18.3 Å². The number of hydrogen-bond donors (Lipinski definition) is 1. The number of benzene rings is 1. The molecular formula is C12H14F2N4. The van der Waals surface area contributed by atoms with Gasteiger partial charge in [-0.2, -0.15) is 0 Å². The molecule has 2 aromatic rings. The van der Waals surface area contributed by atoms with Crippen molar-refractivity contribution in [2.75, 3.05) is 6.54 Å². The summed E-state index contributed by atoms with van der Waals surface area (Å²) >= 11 is 0.